The van der Waals surface area contributed by atoms with Crippen molar-refractivity contribution in [2.24, 2.45) is 17.3 Å². The summed E-state index contributed by atoms with van der Waals surface area (Å²) in [7, 11) is 0. The van der Waals surface area contributed by atoms with E-state index in [1.807, 2.05) is 12.1 Å². The first-order valence-electron chi connectivity index (χ1n) is 11.3. The lowest BCUT2D eigenvalue weighted by molar-refractivity contribution is -0.145. The number of fused-ring (bicyclic) bond motifs is 2. The predicted molar refractivity (Wildman–Crippen MR) is 116 cm³/mol. The normalized spacial score (nSPS) is 34.0. The number of benzene rings is 1. The molecular formula is C25H31FN2O2. The van der Waals surface area contributed by atoms with Crippen LogP contribution in [0.1, 0.15) is 33.1 Å². The lowest BCUT2D eigenvalue weighted by Crippen LogP contribution is -2.49. The molecule has 2 saturated heterocycles. The highest BCUT2D eigenvalue weighted by Gasteiger charge is 2.51. The van der Waals surface area contributed by atoms with Gasteiger partial charge in [0.05, 0.1) is 11.6 Å². The van der Waals surface area contributed by atoms with Gasteiger partial charge in [-0.15, -0.1) is 0 Å². The maximum absolute atomic E-state index is 14.1. The summed E-state index contributed by atoms with van der Waals surface area (Å²) in [6.45, 7) is 8.49. The van der Waals surface area contributed by atoms with Crippen LogP contribution in [0, 0.1) is 23.1 Å². The third-order valence-electron chi connectivity index (χ3n) is 7.72. The van der Waals surface area contributed by atoms with Gasteiger partial charge in [-0.1, -0.05) is 36.8 Å². The van der Waals surface area contributed by atoms with Gasteiger partial charge >= 0.3 is 5.97 Å². The van der Waals surface area contributed by atoms with Crippen LogP contribution in [0.5, 0.6) is 0 Å². The van der Waals surface area contributed by atoms with Crippen molar-refractivity contribution in [3.8, 4) is 0 Å². The molecule has 1 aromatic carbocycles. The van der Waals surface area contributed by atoms with Gasteiger partial charge in [-0.05, 0) is 49.3 Å². The third kappa shape index (κ3) is 3.37. The number of carbonyl (C=O) groups excluding carboxylic acids is 1. The SMILES string of the molecule is CC1=CCC[C@]2(C)C[C@H]3OC(=O)[C@@H](CN4CCN(c5ccccc5F)CC4)[C@H]3C=C12. The van der Waals surface area contributed by atoms with Crippen LogP contribution in [-0.2, 0) is 9.53 Å². The monoisotopic (exact) mass is 410 g/mol. The molecule has 160 valence electrons. The fraction of sp³-hybridized carbons (Fsp3) is 0.560. The van der Waals surface area contributed by atoms with Crippen LogP contribution < -0.4 is 4.90 Å². The first-order chi connectivity index (χ1) is 14.4. The first kappa shape index (κ1) is 19.8. The van der Waals surface area contributed by atoms with Gasteiger partial charge in [0, 0.05) is 38.6 Å². The molecule has 5 heteroatoms. The van der Waals surface area contributed by atoms with Crippen LogP contribution in [0.2, 0.25) is 0 Å². The quantitative estimate of drug-likeness (QED) is 0.700. The summed E-state index contributed by atoms with van der Waals surface area (Å²) in [5.74, 6) is -0.128. The minimum absolute atomic E-state index is 0.0156. The Labute approximate surface area is 178 Å². The second kappa shape index (κ2) is 7.52. The van der Waals surface area contributed by atoms with Gasteiger partial charge in [-0.3, -0.25) is 9.69 Å². The molecule has 0 spiro atoms. The van der Waals surface area contributed by atoms with Crippen LogP contribution in [0.15, 0.2) is 47.6 Å². The minimum atomic E-state index is -0.166. The molecule has 4 nitrogen and oxygen atoms in total. The minimum Gasteiger partial charge on any atom is -0.461 e. The molecule has 0 saturated carbocycles. The zero-order valence-electron chi connectivity index (χ0n) is 17.9. The highest BCUT2D eigenvalue weighted by atomic mass is 19.1. The Morgan fingerprint density at radius 2 is 1.97 bits per heavy atom. The molecule has 4 atom stereocenters. The molecule has 2 aliphatic carbocycles. The Bertz CT molecular complexity index is 902. The number of esters is 1. The molecule has 0 bridgehead atoms. The summed E-state index contributed by atoms with van der Waals surface area (Å²) in [6.07, 6.45) is 7.91. The maximum atomic E-state index is 14.1. The molecule has 2 heterocycles. The Balaban J connectivity index is 1.28. The molecular weight excluding hydrogens is 379 g/mol. The van der Waals surface area contributed by atoms with Crippen LogP contribution in [0.4, 0.5) is 10.1 Å². The van der Waals surface area contributed by atoms with E-state index in [9.17, 15) is 9.18 Å². The Morgan fingerprint density at radius 1 is 1.20 bits per heavy atom. The van der Waals surface area contributed by atoms with E-state index in [1.54, 1.807) is 6.07 Å². The molecule has 4 aliphatic rings. The molecule has 5 rings (SSSR count). The standard InChI is InChI=1S/C25H31FN2O2/c1-17-6-5-9-25(2)15-23-18(14-20(17)25)19(24(29)30-23)16-27-10-12-28(13-11-27)22-8-4-3-7-21(22)26/h3-4,6-8,14,18-19,23H,5,9-13,15-16H2,1-2H3/t18-,19+,23-,25-/m1/s1. The van der Waals surface area contributed by atoms with E-state index in [-0.39, 0.29) is 35.1 Å². The molecule has 0 amide bonds. The average Bonchev–Trinajstić information content (AvgIpc) is 3.01. The number of halogens is 1. The number of anilines is 1. The predicted octanol–water partition coefficient (Wildman–Crippen LogP) is 4.18. The molecule has 0 N–H and O–H groups in total. The number of hydrogen-bond acceptors (Lipinski definition) is 4. The van der Waals surface area contributed by atoms with E-state index in [1.165, 1.54) is 17.2 Å². The van der Waals surface area contributed by atoms with E-state index in [0.717, 1.165) is 52.0 Å². The van der Waals surface area contributed by atoms with Gasteiger partial charge in [0.1, 0.15) is 11.9 Å². The first-order valence-corrected chi connectivity index (χ1v) is 11.3. The van der Waals surface area contributed by atoms with Crippen molar-refractivity contribution in [1.29, 1.82) is 0 Å². The number of rotatable bonds is 3. The van der Waals surface area contributed by atoms with E-state index in [4.69, 9.17) is 4.74 Å². The molecule has 0 unspecified atom stereocenters. The summed E-state index contributed by atoms with van der Waals surface area (Å²) < 4.78 is 20.0. The molecule has 30 heavy (non-hydrogen) atoms. The largest absolute Gasteiger partial charge is 0.461 e. The van der Waals surface area contributed by atoms with E-state index < -0.39 is 0 Å². The van der Waals surface area contributed by atoms with Gasteiger partial charge in [-0.2, -0.15) is 0 Å². The fourth-order valence-electron chi connectivity index (χ4n) is 6.00. The van der Waals surface area contributed by atoms with Crippen LogP contribution in [-0.4, -0.2) is 49.7 Å². The zero-order valence-corrected chi connectivity index (χ0v) is 17.9. The van der Waals surface area contributed by atoms with Crippen molar-refractivity contribution >= 4 is 11.7 Å². The highest BCUT2D eigenvalue weighted by Crippen LogP contribution is 2.52. The van der Waals surface area contributed by atoms with E-state index in [0.29, 0.717) is 5.69 Å². The summed E-state index contributed by atoms with van der Waals surface area (Å²) in [6, 6.07) is 6.97. The van der Waals surface area contributed by atoms with E-state index in [2.05, 4.69) is 35.8 Å². The van der Waals surface area contributed by atoms with Crippen molar-refractivity contribution in [2.75, 3.05) is 37.6 Å². The molecule has 2 fully saturated rings. The van der Waals surface area contributed by atoms with Gasteiger partial charge in [0.2, 0.25) is 0 Å². The van der Waals surface area contributed by atoms with Crippen molar-refractivity contribution < 1.29 is 13.9 Å². The van der Waals surface area contributed by atoms with Gasteiger partial charge in [0.15, 0.2) is 0 Å². The second-order valence-electron chi connectivity index (χ2n) is 9.67. The van der Waals surface area contributed by atoms with Crippen LogP contribution in [0.25, 0.3) is 0 Å². The lowest BCUT2D eigenvalue weighted by atomic mass is 9.62. The van der Waals surface area contributed by atoms with Crippen molar-refractivity contribution in [1.82, 2.24) is 4.90 Å². The van der Waals surface area contributed by atoms with Crippen molar-refractivity contribution in [3.63, 3.8) is 0 Å². The second-order valence-corrected chi connectivity index (χ2v) is 9.67. The summed E-state index contributed by atoms with van der Waals surface area (Å²) in [4.78, 5) is 17.2. The molecule has 0 aromatic heterocycles. The fourth-order valence-corrected chi connectivity index (χ4v) is 6.00. The van der Waals surface area contributed by atoms with Gasteiger partial charge in [-0.25, -0.2) is 4.39 Å². The Kier molecular flexibility index (Phi) is 4.97. The van der Waals surface area contributed by atoms with Gasteiger partial charge < -0.3 is 9.64 Å². The Morgan fingerprint density at radius 3 is 2.73 bits per heavy atom. The number of ether oxygens (including phenoxy) is 1. The highest BCUT2D eigenvalue weighted by molar-refractivity contribution is 5.76. The zero-order chi connectivity index (χ0) is 20.9. The summed E-state index contributed by atoms with van der Waals surface area (Å²) >= 11 is 0. The van der Waals surface area contributed by atoms with Crippen molar-refractivity contribution in [2.45, 2.75) is 39.2 Å². The topological polar surface area (TPSA) is 32.8 Å². The number of nitrogens with zero attached hydrogens (tertiary/aromatic N) is 2. The average molecular weight is 411 g/mol. The Hall–Kier alpha value is -2.14. The van der Waals surface area contributed by atoms with Crippen molar-refractivity contribution in [3.05, 3.63) is 53.4 Å². The molecule has 2 aliphatic heterocycles. The number of hydrogen-bond donors (Lipinski definition) is 0. The molecule has 1 aromatic rings. The lowest BCUT2D eigenvalue weighted by Gasteiger charge is -2.43. The maximum Gasteiger partial charge on any atom is 0.311 e. The number of para-hydroxylation sites is 1. The molecule has 0 radical (unpaired) electrons. The summed E-state index contributed by atoms with van der Waals surface area (Å²) in [5, 5.41) is 0. The summed E-state index contributed by atoms with van der Waals surface area (Å²) in [5.41, 5.74) is 3.62. The van der Waals surface area contributed by atoms with Gasteiger partial charge in [0.25, 0.3) is 0 Å². The van der Waals surface area contributed by atoms with Crippen LogP contribution >= 0.6 is 0 Å². The third-order valence-corrected chi connectivity index (χ3v) is 7.72. The number of carbonyl (C=O) groups is 1. The smallest absolute Gasteiger partial charge is 0.311 e. The number of piperazine rings is 1. The van der Waals surface area contributed by atoms with E-state index >= 15 is 0 Å². The van der Waals surface area contributed by atoms with Crippen LogP contribution in [0.3, 0.4) is 0 Å². The number of allylic oxidation sites excluding steroid dienone is 3.